The summed E-state index contributed by atoms with van der Waals surface area (Å²) in [4.78, 5) is 41.5. The molecule has 2 amide bonds. The summed E-state index contributed by atoms with van der Waals surface area (Å²) in [5, 5.41) is 7.00. The summed E-state index contributed by atoms with van der Waals surface area (Å²) in [6.45, 7) is 4.79. The first kappa shape index (κ1) is 25.1. The van der Waals surface area contributed by atoms with E-state index in [9.17, 15) is 14.4 Å². The fourth-order valence-corrected chi connectivity index (χ4v) is 5.10. The van der Waals surface area contributed by atoms with Gasteiger partial charge in [0.05, 0.1) is 18.5 Å². The van der Waals surface area contributed by atoms with Gasteiger partial charge in [-0.05, 0) is 18.6 Å². The molecular formula is C25H33N5O4S. The fraction of sp³-hybridized carbons (Fsp3) is 0.520. The van der Waals surface area contributed by atoms with E-state index >= 15 is 0 Å². The number of carbonyl (C=O) groups is 2. The van der Waals surface area contributed by atoms with Crippen molar-refractivity contribution in [1.29, 1.82) is 0 Å². The number of hydrogen-bond acceptors (Lipinski definition) is 7. The fourth-order valence-electron chi connectivity index (χ4n) is 4.33. The molecule has 2 saturated heterocycles. The highest BCUT2D eigenvalue weighted by Crippen LogP contribution is 2.26. The van der Waals surface area contributed by atoms with E-state index in [4.69, 9.17) is 4.74 Å². The number of piperazine rings is 1. The van der Waals surface area contributed by atoms with Crippen molar-refractivity contribution < 1.29 is 14.3 Å². The molecule has 188 valence electrons. The number of rotatable bonds is 10. The van der Waals surface area contributed by atoms with Crippen LogP contribution in [0.25, 0.3) is 5.69 Å². The van der Waals surface area contributed by atoms with Gasteiger partial charge < -0.3 is 19.9 Å². The highest BCUT2D eigenvalue weighted by Gasteiger charge is 2.33. The number of nitrogens with one attached hydrogen (secondary N) is 1. The average molecular weight is 500 g/mol. The van der Waals surface area contributed by atoms with Crippen LogP contribution in [0.2, 0.25) is 0 Å². The standard InChI is InChI=1S/C25H33N5O4S/c1-2-3-4-5-9-16-34-22-21(17-26-30(24(22)32)19-10-7-6-8-11-19)28-12-14-29(15-13-28)23(31)20-18-35-25(33)27-20/h6-8,10-11,17,20H,2-5,9,12-16,18H2,1H3,(H,27,33)/t20-/m0/s1. The Balaban J connectivity index is 1.48. The van der Waals surface area contributed by atoms with Crippen LogP contribution in [0.1, 0.15) is 39.0 Å². The van der Waals surface area contributed by atoms with E-state index in [0.29, 0.717) is 55.7 Å². The molecule has 2 aliphatic heterocycles. The van der Waals surface area contributed by atoms with Crippen molar-refractivity contribution in [2.75, 3.05) is 43.4 Å². The van der Waals surface area contributed by atoms with Crippen LogP contribution < -0.4 is 20.5 Å². The summed E-state index contributed by atoms with van der Waals surface area (Å²) in [5.74, 6) is 0.721. The van der Waals surface area contributed by atoms with Crippen LogP contribution in [-0.2, 0) is 4.79 Å². The van der Waals surface area contributed by atoms with E-state index in [0.717, 1.165) is 31.0 Å². The minimum Gasteiger partial charge on any atom is -0.486 e. The van der Waals surface area contributed by atoms with Crippen molar-refractivity contribution in [1.82, 2.24) is 20.0 Å². The van der Waals surface area contributed by atoms with Gasteiger partial charge in [-0.2, -0.15) is 9.78 Å². The second kappa shape index (κ2) is 12.1. The molecule has 2 aromatic rings. The minimum absolute atomic E-state index is 0.0517. The number of anilines is 1. The smallest absolute Gasteiger partial charge is 0.316 e. The number of para-hydroxylation sites is 1. The van der Waals surface area contributed by atoms with Gasteiger partial charge in [0.25, 0.3) is 5.24 Å². The van der Waals surface area contributed by atoms with Crippen LogP contribution in [0.15, 0.2) is 41.3 Å². The second-order valence-corrected chi connectivity index (χ2v) is 9.77. The molecule has 0 saturated carbocycles. The summed E-state index contributed by atoms with van der Waals surface area (Å²) in [5.41, 5.74) is 1.06. The Morgan fingerprint density at radius 1 is 1.09 bits per heavy atom. The maximum Gasteiger partial charge on any atom is 0.316 e. The Kier molecular flexibility index (Phi) is 8.68. The Labute approximate surface area is 209 Å². The third kappa shape index (κ3) is 6.17. The monoisotopic (exact) mass is 499 g/mol. The minimum atomic E-state index is -0.456. The van der Waals surface area contributed by atoms with Crippen molar-refractivity contribution in [3.8, 4) is 11.4 Å². The first-order chi connectivity index (χ1) is 17.1. The molecular weight excluding hydrogens is 466 g/mol. The summed E-state index contributed by atoms with van der Waals surface area (Å²) in [6.07, 6.45) is 7.18. The Morgan fingerprint density at radius 3 is 2.51 bits per heavy atom. The molecule has 1 aromatic carbocycles. The zero-order chi connectivity index (χ0) is 24.6. The topological polar surface area (TPSA) is 96.8 Å². The van der Waals surface area contributed by atoms with Gasteiger partial charge in [0, 0.05) is 31.9 Å². The maximum absolute atomic E-state index is 13.4. The van der Waals surface area contributed by atoms with E-state index < -0.39 is 6.04 Å². The molecule has 1 atom stereocenters. The van der Waals surface area contributed by atoms with Crippen LogP contribution in [0.3, 0.4) is 0 Å². The highest BCUT2D eigenvalue weighted by atomic mass is 32.2. The number of aromatic nitrogens is 2. The third-order valence-corrected chi connectivity index (χ3v) is 7.19. The lowest BCUT2D eigenvalue weighted by Crippen LogP contribution is -2.54. The largest absolute Gasteiger partial charge is 0.486 e. The van der Waals surface area contributed by atoms with Gasteiger partial charge in [-0.25, -0.2) is 0 Å². The molecule has 2 fully saturated rings. The lowest BCUT2D eigenvalue weighted by atomic mass is 10.2. The number of ether oxygens (including phenoxy) is 1. The molecule has 35 heavy (non-hydrogen) atoms. The zero-order valence-electron chi connectivity index (χ0n) is 20.1. The molecule has 1 N–H and O–H groups in total. The summed E-state index contributed by atoms with van der Waals surface area (Å²) in [7, 11) is 0. The highest BCUT2D eigenvalue weighted by molar-refractivity contribution is 8.14. The van der Waals surface area contributed by atoms with Crippen LogP contribution in [-0.4, -0.2) is 70.4 Å². The van der Waals surface area contributed by atoms with E-state index in [2.05, 4.69) is 22.2 Å². The Hall–Kier alpha value is -3.01. The molecule has 0 radical (unpaired) electrons. The molecule has 3 heterocycles. The van der Waals surface area contributed by atoms with E-state index in [1.54, 1.807) is 11.1 Å². The molecule has 4 rings (SSSR count). The average Bonchev–Trinajstić information content (AvgIpc) is 3.33. The lowest BCUT2D eigenvalue weighted by Gasteiger charge is -2.37. The first-order valence-electron chi connectivity index (χ1n) is 12.4. The van der Waals surface area contributed by atoms with Crippen molar-refractivity contribution in [2.45, 2.75) is 45.1 Å². The van der Waals surface area contributed by atoms with Crippen molar-refractivity contribution in [3.05, 3.63) is 46.9 Å². The molecule has 0 spiro atoms. The second-order valence-electron chi connectivity index (χ2n) is 8.78. The van der Waals surface area contributed by atoms with Crippen LogP contribution >= 0.6 is 11.8 Å². The van der Waals surface area contributed by atoms with Crippen molar-refractivity contribution in [3.63, 3.8) is 0 Å². The Bertz CT molecular complexity index is 1070. The van der Waals surface area contributed by atoms with Crippen molar-refractivity contribution >= 4 is 28.6 Å². The van der Waals surface area contributed by atoms with Gasteiger partial charge >= 0.3 is 5.56 Å². The SMILES string of the molecule is CCCCCCCOc1c(N2CCN(C(=O)[C@@H]3CSC(=O)N3)CC2)cnn(-c2ccccc2)c1=O. The number of thioether (sulfide) groups is 1. The molecule has 9 nitrogen and oxygen atoms in total. The van der Waals surface area contributed by atoms with Crippen LogP contribution in [0, 0.1) is 0 Å². The predicted molar refractivity (Wildman–Crippen MR) is 138 cm³/mol. The maximum atomic E-state index is 13.4. The number of hydrogen-bond donors (Lipinski definition) is 1. The predicted octanol–water partition coefficient (Wildman–Crippen LogP) is 3.06. The molecule has 0 bridgehead atoms. The summed E-state index contributed by atoms with van der Waals surface area (Å²) < 4.78 is 7.46. The number of amides is 2. The van der Waals surface area contributed by atoms with Gasteiger partial charge in [0.15, 0.2) is 0 Å². The normalized spacial score (nSPS) is 18.0. The van der Waals surface area contributed by atoms with Gasteiger partial charge in [-0.15, -0.1) is 0 Å². The molecule has 1 aromatic heterocycles. The van der Waals surface area contributed by atoms with E-state index in [1.165, 1.54) is 17.5 Å². The summed E-state index contributed by atoms with van der Waals surface area (Å²) in [6, 6.07) is 8.86. The van der Waals surface area contributed by atoms with Gasteiger partial charge in [-0.1, -0.05) is 62.6 Å². The van der Waals surface area contributed by atoms with Crippen molar-refractivity contribution in [2.24, 2.45) is 0 Å². The van der Waals surface area contributed by atoms with Gasteiger partial charge in [-0.3, -0.25) is 14.4 Å². The van der Waals surface area contributed by atoms with Gasteiger partial charge in [0.2, 0.25) is 11.7 Å². The number of benzene rings is 1. The lowest BCUT2D eigenvalue weighted by molar-refractivity contribution is -0.132. The first-order valence-corrected chi connectivity index (χ1v) is 13.3. The number of carbonyl (C=O) groups excluding carboxylic acids is 2. The van der Waals surface area contributed by atoms with Crippen LogP contribution in [0.4, 0.5) is 10.5 Å². The summed E-state index contributed by atoms with van der Waals surface area (Å²) >= 11 is 1.14. The molecule has 0 unspecified atom stereocenters. The third-order valence-electron chi connectivity index (χ3n) is 6.31. The number of nitrogens with zero attached hydrogens (tertiary/aromatic N) is 4. The van der Waals surface area contributed by atoms with Crippen LogP contribution in [0.5, 0.6) is 5.75 Å². The number of unbranched alkanes of at least 4 members (excludes halogenated alkanes) is 4. The molecule has 2 aliphatic rings. The quantitative estimate of drug-likeness (QED) is 0.502. The molecule has 0 aliphatic carbocycles. The molecule has 10 heteroatoms. The Morgan fingerprint density at radius 2 is 1.83 bits per heavy atom. The van der Waals surface area contributed by atoms with E-state index in [-0.39, 0.29) is 16.7 Å². The van der Waals surface area contributed by atoms with Gasteiger partial charge in [0.1, 0.15) is 11.7 Å². The van der Waals surface area contributed by atoms with E-state index in [1.807, 2.05) is 30.3 Å². The zero-order valence-corrected chi connectivity index (χ0v) is 21.0.